The number of nitrogens with zero attached hydrogens (tertiary/aromatic N) is 1. The molecule has 19 heavy (non-hydrogen) atoms. The van der Waals surface area contributed by atoms with Crippen LogP contribution in [-0.2, 0) is 11.2 Å². The summed E-state index contributed by atoms with van der Waals surface area (Å²) < 4.78 is 2.18. The predicted molar refractivity (Wildman–Crippen MR) is 82.5 cm³/mol. The van der Waals surface area contributed by atoms with Crippen molar-refractivity contribution < 1.29 is 4.79 Å². The normalized spacial score (nSPS) is 20.4. The Morgan fingerprint density at radius 3 is 2.26 bits per heavy atom. The van der Waals surface area contributed by atoms with Crippen LogP contribution in [0, 0.1) is 5.92 Å². The molecule has 2 rings (SSSR count). The minimum Gasteiger partial charge on any atom is -0.368 e. The van der Waals surface area contributed by atoms with Crippen molar-refractivity contribution >= 4 is 14.1 Å². The van der Waals surface area contributed by atoms with E-state index in [4.69, 9.17) is 0 Å². The second-order valence-electron chi connectivity index (χ2n) is 7.14. The third kappa shape index (κ3) is 2.61. The molecule has 104 valence electrons. The summed E-state index contributed by atoms with van der Waals surface area (Å²) in [7, 11) is -1.66. The maximum absolute atomic E-state index is 12.4. The number of benzene rings is 1. The molecule has 0 radical (unpaired) electrons. The SMILES string of the molecule is CC(C)(C)[Si](C)(C)N1C[C@H](Cc2ccccc2)C1=O. The van der Waals surface area contributed by atoms with E-state index in [-0.39, 0.29) is 11.0 Å². The van der Waals surface area contributed by atoms with Gasteiger partial charge in [-0.2, -0.15) is 0 Å². The Kier molecular flexibility index (Phi) is 3.60. The van der Waals surface area contributed by atoms with Crippen LogP contribution in [-0.4, -0.2) is 25.3 Å². The summed E-state index contributed by atoms with van der Waals surface area (Å²) in [6, 6.07) is 10.3. The summed E-state index contributed by atoms with van der Waals surface area (Å²) in [5.41, 5.74) is 1.27. The van der Waals surface area contributed by atoms with Crippen molar-refractivity contribution in [3.8, 4) is 0 Å². The number of hydrogen-bond donors (Lipinski definition) is 0. The molecule has 0 N–H and O–H groups in total. The van der Waals surface area contributed by atoms with Crippen LogP contribution in [0.4, 0.5) is 0 Å². The van der Waals surface area contributed by atoms with E-state index >= 15 is 0 Å². The van der Waals surface area contributed by atoms with Crippen molar-refractivity contribution in [1.82, 2.24) is 4.57 Å². The summed E-state index contributed by atoms with van der Waals surface area (Å²) in [4.78, 5) is 12.4. The summed E-state index contributed by atoms with van der Waals surface area (Å²) in [5, 5.41) is 0.236. The van der Waals surface area contributed by atoms with E-state index in [1.54, 1.807) is 0 Å². The fourth-order valence-corrected chi connectivity index (χ4v) is 4.68. The molecule has 3 heteroatoms. The zero-order valence-electron chi connectivity index (χ0n) is 12.7. The second-order valence-corrected chi connectivity index (χ2v) is 12.3. The van der Waals surface area contributed by atoms with Crippen molar-refractivity contribution in [2.75, 3.05) is 6.54 Å². The Labute approximate surface area is 117 Å². The van der Waals surface area contributed by atoms with Crippen LogP contribution in [0.2, 0.25) is 18.1 Å². The average Bonchev–Trinajstić information content (AvgIpc) is 2.33. The van der Waals surface area contributed by atoms with Gasteiger partial charge in [-0.3, -0.25) is 4.79 Å². The van der Waals surface area contributed by atoms with Crippen molar-refractivity contribution in [2.45, 2.75) is 45.3 Å². The predicted octanol–water partition coefficient (Wildman–Crippen LogP) is 3.69. The Morgan fingerprint density at radius 2 is 1.79 bits per heavy atom. The number of β-lactam (4-membered cyclic amide) rings is 1. The van der Waals surface area contributed by atoms with Gasteiger partial charge in [0.15, 0.2) is 8.24 Å². The van der Waals surface area contributed by atoms with Crippen molar-refractivity contribution in [2.24, 2.45) is 5.92 Å². The van der Waals surface area contributed by atoms with E-state index in [2.05, 4.69) is 50.6 Å². The van der Waals surface area contributed by atoms with Gasteiger partial charge in [-0.25, -0.2) is 0 Å². The molecule has 1 atom stereocenters. The highest BCUT2D eigenvalue weighted by Gasteiger charge is 2.50. The molecule has 0 aromatic heterocycles. The zero-order valence-corrected chi connectivity index (χ0v) is 13.7. The van der Waals surface area contributed by atoms with Gasteiger partial charge in [0.1, 0.15) is 0 Å². The van der Waals surface area contributed by atoms with Gasteiger partial charge in [0.05, 0.1) is 5.92 Å². The van der Waals surface area contributed by atoms with E-state index in [9.17, 15) is 4.79 Å². The van der Waals surface area contributed by atoms with Crippen LogP contribution in [0.5, 0.6) is 0 Å². The molecular weight excluding hydrogens is 250 g/mol. The maximum Gasteiger partial charge on any atom is 0.219 e. The molecule has 1 heterocycles. The van der Waals surface area contributed by atoms with Crippen LogP contribution in [0.25, 0.3) is 0 Å². The van der Waals surface area contributed by atoms with Gasteiger partial charge < -0.3 is 4.57 Å². The molecule has 1 fully saturated rings. The number of carbonyl (C=O) groups is 1. The van der Waals surface area contributed by atoms with Crippen LogP contribution in [0.1, 0.15) is 26.3 Å². The highest BCUT2D eigenvalue weighted by Crippen LogP contribution is 2.42. The number of carbonyl (C=O) groups excluding carboxylic acids is 1. The van der Waals surface area contributed by atoms with Crippen LogP contribution in [0.3, 0.4) is 0 Å². The van der Waals surface area contributed by atoms with Gasteiger partial charge in [-0.1, -0.05) is 64.2 Å². The number of amides is 1. The van der Waals surface area contributed by atoms with E-state index in [0.717, 1.165) is 13.0 Å². The van der Waals surface area contributed by atoms with Crippen LogP contribution in [0.15, 0.2) is 30.3 Å². The summed E-state index contributed by atoms with van der Waals surface area (Å²) in [6.45, 7) is 12.3. The lowest BCUT2D eigenvalue weighted by Gasteiger charge is -2.53. The first-order chi connectivity index (χ1) is 8.73. The van der Waals surface area contributed by atoms with Crippen LogP contribution >= 0.6 is 0 Å². The molecule has 0 unspecified atom stereocenters. The Hall–Kier alpha value is -1.09. The van der Waals surface area contributed by atoms with E-state index in [1.165, 1.54) is 5.56 Å². The summed E-state index contributed by atoms with van der Waals surface area (Å²) in [6.07, 6.45) is 0.894. The van der Waals surface area contributed by atoms with Crippen molar-refractivity contribution in [3.63, 3.8) is 0 Å². The fraction of sp³-hybridized carbons (Fsp3) is 0.562. The minimum absolute atomic E-state index is 0.205. The largest absolute Gasteiger partial charge is 0.368 e. The lowest BCUT2D eigenvalue weighted by molar-refractivity contribution is -0.141. The highest BCUT2D eigenvalue weighted by atomic mass is 28.3. The van der Waals surface area contributed by atoms with Crippen molar-refractivity contribution in [1.29, 1.82) is 0 Å². The van der Waals surface area contributed by atoms with E-state index in [1.807, 2.05) is 18.2 Å². The van der Waals surface area contributed by atoms with E-state index in [0.29, 0.717) is 5.91 Å². The quantitative estimate of drug-likeness (QED) is 0.608. The average molecular weight is 275 g/mol. The number of rotatable bonds is 3. The van der Waals surface area contributed by atoms with Gasteiger partial charge >= 0.3 is 0 Å². The maximum atomic E-state index is 12.4. The van der Waals surface area contributed by atoms with E-state index < -0.39 is 8.24 Å². The summed E-state index contributed by atoms with van der Waals surface area (Å²) in [5.74, 6) is 0.576. The van der Waals surface area contributed by atoms with Gasteiger partial charge in [-0.05, 0) is 17.0 Å². The highest BCUT2D eigenvalue weighted by molar-refractivity contribution is 6.79. The monoisotopic (exact) mass is 275 g/mol. The zero-order chi connectivity index (χ0) is 14.3. The molecule has 0 spiro atoms. The molecule has 1 amide bonds. The molecule has 0 bridgehead atoms. The number of hydrogen-bond acceptors (Lipinski definition) is 1. The molecule has 0 saturated carbocycles. The molecule has 1 saturated heterocycles. The third-order valence-electron chi connectivity index (χ3n) is 4.85. The smallest absolute Gasteiger partial charge is 0.219 e. The summed E-state index contributed by atoms with van der Waals surface area (Å²) >= 11 is 0. The first-order valence-electron chi connectivity index (χ1n) is 7.09. The van der Waals surface area contributed by atoms with Crippen molar-refractivity contribution in [3.05, 3.63) is 35.9 Å². The van der Waals surface area contributed by atoms with Gasteiger partial charge in [-0.15, -0.1) is 0 Å². The first-order valence-corrected chi connectivity index (χ1v) is 10.0. The lowest BCUT2D eigenvalue weighted by atomic mass is 9.93. The fourth-order valence-electron chi connectivity index (χ4n) is 2.46. The molecule has 1 aliphatic heterocycles. The molecular formula is C16H25NOSi. The molecule has 0 aliphatic carbocycles. The third-order valence-corrected chi connectivity index (χ3v) is 10.3. The Balaban J connectivity index is 2.01. The second kappa shape index (κ2) is 4.78. The molecule has 1 aliphatic rings. The topological polar surface area (TPSA) is 20.3 Å². The standard InChI is InChI=1S/C16H25NOSi/c1-16(2,3)19(4,5)17-12-14(15(17)18)11-13-9-7-6-8-10-13/h6-10,14H,11-12H2,1-5H3/t14-/m0/s1. The minimum atomic E-state index is -1.66. The van der Waals surface area contributed by atoms with Gasteiger partial charge in [0.2, 0.25) is 5.91 Å². The van der Waals surface area contributed by atoms with Crippen LogP contribution < -0.4 is 0 Å². The molecule has 1 aromatic carbocycles. The first kappa shape index (κ1) is 14.3. The molecule has 1 aromatic rings. The lowest BCUT2D eigenvalue weighted by Crippen LogP contribution is -2.67. The van der Waals surface area contributed by atoms with Gasteiger partial charge in [0.25, 0.3) is 0 Å². The Morgan fingerprint density at radius 1 is 1.21 bits per heavy atom. The van der Waals surface area contributed by atoms with Gasteiger partial charge in [0, 0.05) is 6.54 Å². The Bertz CT molecular complexity index is 461. The molecule has 2 nitrogen and oxygen atoms in total.